The third kappa shape index (κ3) is 1.27. The molecule has 0 aliphatic rings. The van der Waals surface area contributed by atoms with Gasteiger partial charge in [-0.3, -0.25) is 4.79 Å². The lowest BCUT2D eigenvalue weighted by Gasteiger charge is -2.00. The fraction of sp³-hybridized carbons (Fsp3) is 0.375. The third-order valence-corrected chi connectivity index (χ3v) is 2.25. The summed E-state index contributed by atoms with van der Waals surface area (Å²) in [5.41, 5.74) is 2.01. The van der Waals surface area contributed by atoms with E-state index >= 15 is 0 Å². The standard InChI is InChI=1S/C8H10OS/c1-6(2)8-5-10-4-7(8)3-9/h3-6H,1-2H3. The summed E-state index contributed by atoms with van der Waals surface area (Å²) in [6.07, 6.45) is 0.922. The molecular formula is C8H10OS. The van der Waals surface area contributed by atoms with Crippen molar-refractivity contribution in [2.45, 2.75) is 19.8 Å². The van der Waals surface area contributed by atoms with E-state index in [1.54, 1.807) is 11.3 Å². The van der Waals surface area contributed by atoms with E-state index in [-0.39, 0.29) is 0 Å². The minimum atomic E-state index is 0.464. The number of carbonyl (C=O) groups excluding carboxylic acids is 1. The zero-order valence-electron chi connectivity index (χ0n) is 6.13. The highest BCUT2D eigenvalue weighted by Gasteiger charge is 2.05. The Bertz CT molecular complexity index is 225. The molecule has 1 aromatic rings. The average Bonchev–Trinajstić information content (AvgIpc) is 2.33. The van der Waals surface area contributed by atoms with Crippen LogP contribution in [0.1, 0.15) is 35.7 Å². The second-order valence-corrected chi connectivity index (χ2v) is 3.30. The molecule has 0 N–H and O–H groups in total. The number of aldehydes is 1. The number of carbonyl (C=O) groups is 1. The van der Waals surface area contributed by atoms with Gasteiger partial charge in [-0.1, -0.05) is 13.8 Å². The normalized spacial score (nSPS) is 10.3. The molecule has 0 saturated heterocycles. The molecule has 54 valence electrons. The number of rotatable bonds is 2. The molecule has 0 amide bonds. The van der Waals surface area contributed by atoms with Crippen molar-refractivity contribution in [2.24, 2.45) is 0 Å². The first kappa shape index (κ1) is 7.48. The topological polar surface area (TPSA) is 17.1 Å². The molecule has 0 fully saturated rings. The maximum absolute atomic E-state index is 10.4. The fourth-order valence-electron chi connectivity index (χ4n) is 0.882. The van der Waals surface area contributed by atoms with Crippen LogP contribution in [0.5, 0.6) is 0 Å². The Morgan fingerprint density at radius 3 is 2.60 bits per heavy atom. The second-order valence-electron chi connectivity index (χ2n) is 2.56. The zero-order valence-corrected chi connectivity index (χ0v) is 6.94. The molecule has 0 aliphatic heterocycles. The molecule has 0 unspecified atom stereocenters. The van der Waals surface area contributed by atoms with Gasteiger partial charge in [-0.25, -0.2) is 0 Å². The summed E-state index contributed by atoms with van der Waals surface area (Å²) in [6.45, 7) is 4.18. The Kier molecular flexibility index (Phi) is 2.22. The van der Waals surface area contributed by atoms with E-state index in [4.69, 9.17) is 0 Å². The first-order chi connectivity index (χ1) is 4.75. The molecule has 0 radical (unpaired) electrons. The van der Waals surface area contributed by atoms with Gasteiger partial charge in [-0.2, -0.15) is 11.3 Å². The zero-order chi connectivity index (χ0) is 7.56. The summed E-state index contributed by atoms with van der Waals surface area (Å²) in [4.78, 5) is 10.4. The highest BCUT2D eigenvalue weighted by molar-refractivity contribution is 7.08. The minimum Gasteiger partial charge on any atom is -0.298 e. The van der Waals surface area contributed by atoms with Crippen molar-refractivity contribution in [1.82, 2.24) is 0 Å². The Hall–Kier alpha value is -0.630. The van der Waals surface area contributed by atoms with Crippen LogP contribution in [-0.2, 0) is 0 Å². The molecule has 10 heavy (non-hydrogen) atoms. The molecule has 1 heterocycles. The van der Waals surface area contributed by atoms with Gasteiger partial charge in [0.2, 0.25) is 0 Å². The van der Waals surface area contributed by atoms with E-state index < -0.39 is 0 Å². The van der Waals surface area contributed by atoms with Crippen molar-refractivity contribution in [3.05, 3.63) is 21.9 Å². The lowest BCUT2D eigenvalue weighted by molar-refractivity contribution is 0.112. The summed E-state index contributed by atoms with van der Waals surface area (Å²) >= 11 is 1.59. The monoisotopic (exact) mass is 154 g/mol. The van der Waals surface area contributed by atoms with Gasteiger partial charge in [0.1, 0.15) is 0 Å². The van der Waals surface area contributed by atoms with E-state index in [1.807, 2.05) is 10.8 Å². The van der Waals surface area contributed by atoms with Gasteiger partial charge in [0.05, 0.1) is 0 Å². The smallest absolute Gasteiger partial charge is 0.151 e. The van der Waals surface area contributed by atoms with Crippen LogP contribution in [0.25, 0.3) is 0 Å². The fourth-order valence-corrected chi connectivity index (χ4v) is 1.84. The number of thiophene rings is 1. The largest absolute Gasteiger partial charge is 0.298 e. The lowest BCUT2D eigenvalue weighted by atomic mass is 10.0. The molecule has 1 nitrogen and oxygen atoms in total. The molecule has 0 saturated carbocycles. The van der Waals surface area contributed by atoms with Gasteiger partial charge >= 0.3 is 0 Å². The van der Waals surface area contributed by atoms with Crippen LogP contribution in [0.4, 0.5) is 0 Å². The van der Waals surface area contributed by atoms with Crippen molar-refractivity contribution in [3.63, 3.8) is 0 Å². The van der Waals surface area contributed by atoms with Crippen molar-refractivity contribution in [1.29, 1.82) is 0 Å². The highest BCUT2D eigenvalue weighted by atomic mass is 32.1. The van der Waals surface area contributed by atoms with Crippen LogP contribution >= 0.6 is 11.3 Å². The molecule has 0 spiro atoms. The van der Waals surface area contributed by atoms with Crippen LogP contribution in [-0.4, -0.2) is 6.29 Å². The van der Waals surface area contributed by atoms with Gasteiger partial charge in [-0.05, 0) is 16.9 Å². The van der Waals surface area contributed by atoms with Gasteiger partial charge in [0, 0.05) is 10.9 Å². The molecular weight excluding hydrogens is 144 g/mol. The summed E-state index contributed by atoms with van der Waals surface area (Å²) in [5.74, 6) is 0.464. The molecule has 0 atom stereocenters. The van der Waals surface area contributed by atoms with E-state index in [0.29, 0.717) is 5.92 Å². The molecule has 0 aromatic carbocycles. The maximum atomic E-state index is 10.4. The Balaban J connectivity index is 3.01. The van der Waals surface area contributed by atoms with E-state index in [2.05, 4.69) is 13.8 Å². The van der Waals surface area contributed by atoms with Crippen LogP contribution in [0.15, 0.2) is 10.8 Å². The van der Waals surface area contributed by atoms with Gasteiger partial charge in [0.15, 0.2) is 6.29 Å². The first-order valence-corrected chi connectivity index (χ1v) is 4.21. The molecule has 1 rings (SSSR count). The van der Waals surface area contributed by atoms with Gasteiger partial charge in [-0.15, -0.1) is 0 Å². The van der Waals surface area contributed by atoms with Crippen molar-refractivity contribution in [3.8, 4) is 0 Å². The molecule has 0 bridgehead atoms. The highest BCUT2D eigenvalue weighted by Crippen LogP contribution is 2.21. The Morgan fingerprint density at radius 2 is 2.20 bits per heavy atom. The number of hydrogen-bond acceptors (Lipinski definition) is 2. The number of hydrogen-bond donors (Lipinski definition) is 0. The third-order valence-electron chi connectivity index (χ3n) is 1.47. The predicted molar refractivity (Wildman–Crippen MR) is 43.8 cm³/mol. The van der Waals surface area contributed by atoms with Crippen LogP contribution in [0.3, 0.4) is 0 Å². The van der Waals surface area contributed by atoms with Gasteiger partial charge < -0.3 is 0 Å². The van der Waals surface area contributed by atoms with E-state index in [0.717, 1.165) is 11.8 Å². The Morgan fingerprint density at radius 1 is 1.50 bits per heavy atom. The van der Waals surface area contributed by atoms with Crippen LogP contribution in [0, 0.1) is 0 Å². The Labute approximate surface area is 64.7 Å². The molecule has 2 heteroatoms. The summed E-state index contributed by atoms with van der Waals surface area (Å²) in [5, 5.41) is 3.93. The van der Waals surface area contributed by atoms with Gasteiger partial charge in [0.25, 0.3) is 0 Å². The summed E-state index contributed by atoms with van der Waals surface area (Å²) in [7, 11) is 0. The summed E-state index contributed by atoms with van der Waals surface area (Å²) < 4.78 is 0. The van der Waals surface area contributed by atoms with Crippen molar-refractivity contribution < 1.29 is 4.79 Å². The molecule has 1 aromatic heterocycles. The van der Waals surface area contributed by atoms with E-state index in [1.165, 1.54) is 5.56 Å². The average molecular weight is 154 g/mol. The SMILES string of the molecule is CC(C)c1cscc1C=O. The lowest BCUT2D eigenvalue weighted by Crippen LogP contribution is -1.88. The van der Waals surface area contributed by atoms with E-state index in [9.17, 15) is 4.79 Å². The minimum absolute atomic E-state index is 0.464. The second kappa shape index (κ2) is 2.97. The summed E-state index contributed by atoms with van der Waals surface area (Å²) in [6, 6.07) is 0. The van der Waals surface area contributed by atoms with Crippen LogP contribution in [0.2, 0.25) is 0 Å². The van der Waals surface area contributed by atoms with Crippen LogP contribution < -0.4 is 0 Å². The maximum Gasteiger partial charge on any atom is 0.151 e. The molecule has 0 aliphatic carbocycles. The van der Waals surface area contributed by atoms with Crippen molar-refractivity contribution >= 4 is 17.6 Å². The van der Waals surface area contributed by atoms with Crippen molar-refractivity contribution in [2.75, 3.05) is 0 Å². The quantitative estimate of drug-likeness (QED) is 0.598. The first-order valence-electron chi connectivity index (χ1n) is 3.27. The predicted octanol–water partition coefficient (Wildman–Crippen LogP) is 2.68.